The number of thiophene rings is 1. The van der Waals surface area contributed by atoms with Crippen molar-refractivity contribution >= 4 is 34.5 Å². The summed E-state index contributed by atoms with van der Waals surface area (Å²) in [7, 11) is 1.56. The molecule has 1 atom stereocenters. The summed E-state index contributed by atoms with van der Waals surface area (Å²) < 4.78 is 5.32. The number of methoxy groups -OCH3 is 1. The van der Waals surface area contributed by atoms with Gasteiger partial charge in [0.2, 0.25) is 5.91 Å². The topological polar surface area (TPSA) is 41.6 Å². The van der Waals surface area contributed by atoms with Crippen molar-refractivity contribution in [3.8, 4) is 5.75 Å². The van der Waals surface area contributed by atoms with Crippen molar-refractivity contribution < 1.29 is 9.53 Å². The van der Waals surface area contributed by atoms with Crippen molar-refractivity contribution in [2.24, 2.45) is 0 Å². The normalized spacial score (nSPS) is 12.2. The summed E-state index contributed by atoms with van der Waals surface area (Å²) in [5, 5.41) is 5.63. The maximum Gasteiger partial charge on any atom is 0.241 e. The fourth-order valence-electron chi connectivity index (χ4n) is 2.46. The molecule has 0 aliphatic rings. The van der Waals surface area contributed by atoms with Gasteiger partial charge in [-0.3, -0.25) is 9.69 Å². The average molecular weight is 367 g/mol. The van der Waals surface area contributed by atoms with Crippen molar-refractivity contribution in [1.82, 2.24) is 4.90 Å². The Balaban J connectivity index is 2.11. The Bertz CT molecular complexity index is 689. The molecule has 0 aliphatic heterocycles. The third-order valence-corrected chi connectivity index (χ3v) is 5.28. The highest BCUT2D eigenvalue weighted by atomic mass is 35.5. The van der Waals surface area contributed by atoms with E-state index in [0.717, 1.165) is 18.7 Å². The molecule has 0 bridgehead atoms. The Labute approximate surface area is 152 Å². The van der Waals surface area contributed by atoms with E-state index < -0.39 is 0 Å². The van der Waals surface area contributed by atoms with Crippen LogP contribution in [0.25, 0.3) is 0 Å². The van der Waals surface area contributed by atoms with Crippen LogP contribution in [0.4, 0.5) is 5.69 Å². The second-order valence-electron chi connectivity index (χ2n) is 5.61. The monoisotopic (exact) mass is 366 g/mol. The summed E-state index contributed by atoms with van der Waals surface area (Å²) in [5.74, 6) is 0.501. The number of carbonyl (C=O) groups excluding carboxylic acids is 1. The number of anilines is 1. The third kappa shape index (κ3) is 4.50. The molecule has 24 heavy (non-hydrogen) atoms. The predicted molar refractivity (Wildman–Crippen MR) is 101 cm³/mol. The van der Waals surface area contributed by atoms with E-state index in [4.69, 9.17) is 16.3 Å². The number of carbonyl (C=O) groups is 1. The number of amides is 1. The fraction of sp³-hybridized carbons (Fsp3) is 0.389. The molecule has 2 rings (SSSR count). The summed E-state index contributed by atoms with van der Waals surface area (Å²) in [5.41, 5.74) is 1.54. The van der Waals surface area contributed by atoms with Crippen LogP contribution in [-0.2, 0) is 11.3 Å². The van der Waals surface area contributed by atoms with Gasteiger partial charge < -0.3 is 10.1 Å². The number of likely N-dealkylation sites (N-methyl/N-ethyl adjacent to an activating group) is 1. The molecule has 6 heteroatoms. The van der Waals surface area contributed by atoms with E-state index in [0.29, 0.717) is 16.5 Å². The van der Waals surface area contributed by atoms with E-state index in [1.54, 1.807) is 24.5 Å². The van der Waals surface area contributed by atoms with E-state index in [2.05, 4.69) is 28.6 Å². The Hall–Kier alpha value is -1.56. The number of benzene rings is 1. The lowest BCUT2D eigenvalue weighted by atomic mass is 10.2. The minimum atomic E-state index is -0.252. The maximum absolute atomic E-state index is 12.7. The first kappa shape index (κ1) is 18.8. The summed E-state index contributed by atoms with van der Waals surface area (Å²) in [6, 6.07) is 7.42. The maximum atomic E-state index is 12.7. The zero-order valence-electron chi connectivity index (χ0n) is 14.4. The minimum Gasteiger partial charge on any atom is -0.495 e. The molecule has 1 N–H and O–H groups in total. The molecule has 1 heterocycles. The van der Waals surface area contributed by atoms with Gasteiger partial charge in [-0.15, -0.1) is 11.3 Å². The zero-order valence-corrected chi connectivity index (χ0v) is 16.0. The Morgan fingerprint density at radius 3 is 2.79 bits per heavy atom. The van der Waals surface area contributed by atoms with Crippen LogP contribution in [-0.4, -0.2) is 30.5 Å². The number of rotatable bonds is 7. The molecule has 0 saturated heterocycles. The van der Waals surface area contributed by atoms with Crippen molar-refractivity contribution in [1.29, 1.82) is 0 Å². The molecule has 2 aromatic rings. The fourth-order valence-corrected chi connectivity index (χ4v) is 3.34. The van der Waals surface area contributed by atoms with Gasteiger partial charge in [0.15, 0.2) is 0 Å². The minimum absolute atomic E-state index is 0.0616. The standard InChI is InChI=1S/C18H23ClN2O2S/c1-5-21(11-14-7-6-8-24-14)13(3)18(22)20-16-9-12(2)15(19)10-17(16)23-4/h6-10,13H,5,11H2,1-4H3,(H,20,22). The van der Waals surface area contributed by atoms with Gasteiger partial charge in [0, 0.05) is 22.5 Å². The van der Waals surface area contributed by atoms with Gasteiger partial charge in [0.25, 0.3) is 0 Å². The van der Waals surface area contributed by atoms with E-state index in [-0.39, 0.29) is 11.9 Å². The van der Waals surface area contributed by atoms with Crippen LogP contribution in [0.15, 0.2) is 29.6 Å². The number of halogens is 1. The number of nitrogens with one attached hydrogen (secondary N) is 1. The van der Waals surface area contributed by atoms with Gasteiger partial charge in [0.05, 0.1) is 18.8 Å². The van der Waals surface area contributed by atoms with E-state index in [1.807, 2.05) is 26.0 Å². The first-order chi connectivity index (χ1) is 11.5. The van der Waals surface area contributed by atoms with Gasteiger partial charge in [-0.2, -0.15) is 0 Å². The molecule has 1 aromatic carbocycles. The average Bonchev–Trinajstić information content (AvgIpc) is 3.08. The SMILES string of the molecule is CCN(Cc1cccs1)C(C)C(=O)Nc1cc(C)c(Cl)cc1OC. The first-order valence-electron chi connectivity index (χ1n) is 7.87. The van der Waals surface area contributed by atoms with Gasteiger partial charge in [0.1, 0.15) is 5.75 Å². The largest absolute Gasteiger partial charge is 0.495 e. The molecular formula is C18H23ClN2O2S. The van der Waals surface area contributed by atoms with Crippen LogP contribution in [0.5, 0.6) is 5.75 Å². The van der Waals surface area contributed by atoms with E-state index >= 15 is 0 Å². The third-order valence-electron chi connectivity index (χ3n) is 4.01. The molecule has 1 unspecified atom stereocenters. The van der Waals surface area contributed by atoms with E-state index in [1.165, 1.54) is 4.88 Å². The molecule has 0 aliphatic carbocycles. The van der Waals surface area contributed by atoms with Crippen LogP contribution in [0.3, 0.4) is 0 Å². The Kier molecular flexibility index (Phi) is 6.66. The molecule has 0 saturated carbocycles. The first-order valence-corrected chi connectivity index (χ1v) is 9.13. The van der Waals surface area contributed by atoms with Crippen LogP contribution in [0.1, 0.15) is 24.3 Å². The van der Waals surface area contributed by atoms with Crippen molar-refractivity contribution in [2.45, 2.75) is 33.4 Å². The van der Waals surface area contributed by atoms with Gasteiger partial charge >= 0.3 is 0 Å². The Morgan fingerprint density at radius 2 is 2.21 bits per heavy atom. The molecular weight excluding hydrogens is 344 g/mol. The summed E-state index contributed by atoms with van der Waals surface area (Å²) in [6.45, 7) is 7.44. The molecule has 0 spiro atoms. The second kappa shape index (κ2) is 8.51. The number of hydrogen-bond acceptors (Lipinski definition) is 4. The lowest BCUT2D eigenvalue weighted by Gasteiger charge is -2.26. The smallest absolute Gasteiger partial charge is 0.241 e. The van der Waals surface area contributed by atoms with Crippen molar-refractivity contribution in [3.05, 3.63) is 45.1 Å². The zero-order chi connectivity index (χ0) is 17.7. The molecule has 0 radical (unpaired) electrons. The quantitative estimate of drug-likeness (QED) is 0.780. The van der Waals surface area contributed by atoms with Gasteiger partial charge in [-0.1, -0.05) is 24.6 Å². The Morgan fingerprint density at radius 1 is 1.46 bits per heavy atom. The van der Waals surface area contributed by atoms with Crippen LogP contribution >= 0.6 is 22.9 Å². The highest BCUT2D eigenvalue weighted by Gasteiger charge is 2.22. The van der Waals surface area contributed by atoms with Crippen molar-refractivity contribution in [3.63, 3.8) is 0 Å². The van der Waals surface area contributed by atoms with E-state index in [9.17, 15) is 4.79 Å². The predicted octanol–water partition coefficient (Wildman–Crippen LogP) is 4.57. The summed E-state index contributed by atoms with van der Waals surface area (Å²) >= 11 is 7.82. The lowest BCUT2D eigenvalue weighted by molar-refractivity contribution is -0.120. The highest BCUT2D eigenvalue weighted by molar-refractivity contribution is 7.09. The van der Waals surface area contributed by atoms with Crippen LogP contribution in [0, 0.1) is 6.92 Å². The number of ether oxygens (including phenoxy) is 1. The highest BCUT2D eigenvalue weighted by Crippen LogP contribution is 2.31. The lowest BCUT2D eigenvalue weighted by Crippen LogP contribution is -2.41. The molecule has 1 aromatic heterocycles. The van der Waals surface area contributed by atoms with Crippen LogP contribution in [0.2, 0.25) is 5.02 Å². The number of aryl methyl sites for hydroxylation is 1. The van der Waals surface area contributed by atoms with Crippen molar-refractivity contribution in [2.75, 3.05) is 19.0 Å². The van der Waals surface area contributed by atoms with Gasteiger partial charge in [-0.25, -0.2) is 0 Å². The summed E-state index contributed by atoms with van der Waals surface area (Å²) in [4.78, 5) is 16.0. The second-order valence-corrected chi connectivity index (χ2v) is 7.05. The number of nitrogens with zero attached hydrogens (tertiary/aromatic N) is 1. The van der Waals surface area contributed by atoms with Gasteiger partial charge in [-0.05, 0) is 43.5 Å². The number of hydrogen-bond donors (Lipinski definition) is 1. The molecule has 4 nitrogen and oxygen atoms in total. The molecule has 130 valence electrons. The molecule has 1 amide bonds. The summed E-state index contributed by atoms with van der Waals surface area (Å²) in [6.07, 6.45) is 0. The molecule has 0 fully saturated rings. The van der Waals surface area contributed by atoms with Crippen LogP contribution < -0.4 is 10.1 Å².